The van der Waals surface area contributed by atoms with E-state index in [-0.39, 0.29) is 12.2 Å². The van der Waals surface area contributed by atoms with Crippen molar-refractivity contribution in [2.45, 2.75) is 6.54 Å². The Bertz CT molecular complexity index is 633. The number of aromatic carboxylic acids is 1. The fourth-order valence-electron chi connectivity index (χ4n) is 1.39. The second-order valence-corrected chi connectivity index (χ2v) is 5.28. The van der Waals surface area contributed by atoms with E-state index in [4.69, 9.17) is 16.7 Å². The maximum Gasteiger partial charge on any atom is 0.338 e. The molecule has 100 valence electrons. The summed E-state index contributed by atoms with van der Waals surface area (Å²) in [4.78, 5) is 14.7. The van der Waals surface area contributed by atoms with Crippen LogP contribution in [-0.4, -0.2) is 16.1 Å². The summed E-state index contributed by atoms with van der Waals surface area (Å²) in [5.41, 5.74) is -0.703. The number of hydrogen-bond donors (Lipinski definition) is 2. The van der Waals surface area contributed by atoms with E-state index in [9.17, 15) is 13.6 Å². The minimum atomic E-state index is -1.46. The van der Waals surface area contributed by atoms with Gasteiger partial charge >= 0.3 is 5.97 Å². The highest BCUT2D eigenvalue weighted by molar-refractivity contribution is 7.15. The molecule has 0 bridgehead atoms. The first-order valence-electron chi connectivity index (χ1n) is 5.04. The largest absolute Gasteiger partial charge is 0.478 e. The summed E-state index contributed by atoms with van der Waals surface area (Å²) in [5, 5.41) is 12.0. The lowest BCUT2D eigenvalue weighted by molar-refractivity contribution is 0.0692. The zero-order valence-corrected chi connectivity index (χ0v) is 10.9. The van der Waals surface area contributed by atoms with Gasteiger partial charge in [-0.25, -0.2) is 18.6 Å². The molecule has 0 aliphatic heterocycles. The first-order valence-corrected chi connectivity index (χ1v) is 6.23. The molecule has 2 N–H and O–H groups in total. The highest BCUT2D eigenvalue weighted by atomic mass is 35.5. The lowest BCUT2D eigenvalue weighted by atomic mass is 10.2. The number of benzene rings is 1. The number of rotatable bonds is 4. The van der Waals surface area contributed by atoms with Crippen LogP contribution in [0, 0.1) is 11.6 Å². The SMILES string of the molecule is O=C(O)c1cc(NCc2ncc(Cl)s2)c(F)cc1F. The van der Waals surface area contributed by atoms with Crippen molar-refractivity contribution in [3.63, 3.8) is 0 Å². The quantitative estimate of drug-likeness (QED) is 0.909. The number of hydrogen-bond acceptors (Lipinski definition) is 4. The third-order valence-electron chi connectivity index (χ3n) is 2.24. The minimum Gasteiger partial charge on any atom is -0.478 e. The van der Waals surface area contributed by atoms with Crippen LogP contribution < -0.4 is 5.32 Å². The average molecular weight is 305 g/mol. The fraction of sp³-hybridized carbons (Fsp3) is 0.0909. The highest BCUT2D eigenvalue weighted by Gasteiger charge is 2.15. The summed E-state index contributed by atoms with van der Waals surface area (Å²) < 4.78 is 27.1. The number of nitrogens with zero attached hydrogens (tertiary/aromatic N) is 1. The van der Waals surface area contributed by atoms with Crippen molar-refractivity contribution in [3.05, 3.63) is 44.9 Å². The van der Waals surface area contributed by atoms with E-state index in [1.165, 1.54) is 17.5 Å². The molecule has 0 saturated carbocycles. The zero-order valence-electron chi connectivity index (χ0n) is 9.28. The van der Waals surface area contributed by atoms with Crippen LogP contribution in [0.2, 0.25) is 4.34 Å². The Kier molecular flexibility index (Phi) is 3.96. The molecule has 1 aromatic heterocycles. The first-order chi connectivity index (χ1) is 8.97. The lowest BCUT2D eigenvalue weighted by Gasteiger charge is -2.07. The molecule has 19 heavy (non-hydrogen) atoms. The number of anilines is 1. The smallest absolute Gasteiger partial charge is 0.338 e. The van der Waals surface area contributed by atoms with Crippen LogP contribution in [0.25, 0.3) is 0 Å². The molecule has 2 rings (SSSR count). The van der Waals surface area contributed by atoms with Gasteiger partial charge < -0.3 is 10.4 Å². The maximum atomic E-state index is 13.5. The molecular formula is C11H7ClF2N2O2S. The van der Waals surface area contributed by atoms with Crippen molar-refractivity contribution < 1.29 is 18.7 Å². The fourth-order valence-corrected chi connectivity index (χ4v) is 2.29. The van der Waals surface area contributed by atoms with Crippen molar-refractivity contribution >= 4 is 34.6 Å². The van der Waals surface area contributed by atoms with Gasteiger partial charge in [-0.2, -0.15) is 0 Å². The molecule has 8 heteroatoms. The van der Waals surface area contributed by atoms with E-state index >= 15 is 0 Å². The van der Waals surface area contributed by atoms with Gasteiger partial charge in [0, 0.05) is 6.07 Å². The molecule has 0 spiro atoms. The molecular weight excluding hydrogens is 298 g/mol. The van der Waals surface area contributed by atoms with Gasteiger partial charge in [0.05, 0.1) is 24.0 Å². The monoisotopic (exact) mass is 304 g/mol. The average Bonchev–Trinajstić information content (AvgIpc) is 2.73. The topological polar surface area (TPSA) is 62.2 Å². The first kappa shape index (κ1) is 13.7. The van der Waals surface area contributed by atoms with Crippen LogP contribution in [0.5, 0.6) is 0 Å². The maximum absolute atomic E-state index is 13.5. The van der Waals surface area contributed by atoms with Gasteiger partial charge in [-0.1, -0.05) is 11.6 Å². The van der Waals surface area contributed by atoms with Crippen molar-refractivity contribution in [1.29, 1.82) is 0 Å². The predicted molar refractivity (Wildman–Crippen MR) is 67.8 cm³/mol. The van der Waals surface area contributed by atoms with Gasteiger partial charge in [0.15, 0.2) is 0 Å². The van der Waals surface area contributed by atoms with E-state index in [0.717, 1.165) is 6.07 Å². The zero-order chi connectivity index (χ0) is 14.0. The molecule has 0 aliphatic rings. The van der Waals surface area contributed by atoms with Gasteiger partial charge in [-0.15, -0.1) is 11.3 Å². The molecule has 0 amide bonds. The van der Waals surface area contributed by atoms with Gasteiger partial charge in [0.2, 0.25) is 0 Å². The van der Waals surface area contributed by atoms with Crippen LogP contribution >= 0.6 is 22.9 Å². The Labute approximate surface area is 115 Å². The normalized spacial score (nSPS) is 10.5. The van der Waals surface area contributed by atoms with E-state index in [1.54, 1.807) is 0 Å². The highest BCUT2D eigenvalue weighted by Crippen LogP contribution is 2.22. The number of halogens is 3. The van der Waals surface area contributed by atoms with Crippen molar-refractivity contribution in [3.8, 4) is 0 Å². The number of nitrogens with one attached hydrogen (secondary N) is 1. The van der Waals surface area contributed by atoms with Crippen molar-refractivity contribution in [2.75, 3.05) is 5.32 Å². The molecule has 0 aliphatic carbocycles. The summed E-state index contributed by atoms with van der Waals surface area (Å²) in [7, 11) is 0. The summed E-state index contributed by atoms with van der Waals surface area (Å²) in [6, 6.07) is 1.43. The van der Waals surface area contributed by atoms with Crippen LogP contribution in [0.1, 0.15) is 15.4 Å². The number of carbonyl (C=O) groups is 1. The number of thiazole rings is 1. The Morgan fingerprint density at radius 3 is 2.74 bits per heavy atom. The van der Waals surface area contributed by atoms with Gasteiger partial charge in [0.25, 0.3) is 0 Å². The van der Waals surface area contributed by atoms with E-state index in [1.807, 2.05) is 0 Å². The molecule has 0 atom stereocenters. The predicted octanol–water partition coefficient (Wildman–Crippen LogP) is 3.39. The van der Waals surface area contributed by atoms with Gasteiger partial charge in [-0.05, 0) is 6.07 Å². The summed E-state index contributed by atoms with van der Waals surface area (Å²) in [6.07, 6.45) is 1.45. The Morgan fingerprint density at radius 1 is 1.42 bits per heavy atom. The summed E-state index contributed by atoms with van der Waals surface area (Å²) >= 11 is 6.89. The third-order valence-corrected chi connectivity index (χ3v) is 3.36. The molecule has 1 aromatic carbocycles. The number of carboxylic acids is 1. The molecule has 1 heterocycles. The molecule has 0 saturated heterocycles. The second kappa shape index (κ2) is 5.50. The van der Waals surface area contributed by atoms with Crippen molar-refractivity contribution in [2.24, 2.45) is 0 Å². The third kappa shape index (κ3) is 3.18. The van der Waals surface area contributed by atoms with E-state index in [0.29, 0.717) is 15.4 Å². The molecule has 2 aromatic rings. The van der Waals surface area contributed by atoms with Crippen LogP contribution in [0.4, 0.5) is 14.5 Å². The van der Waals surface area contributed by atoms with Gasteiger partial charge in [0.1, 0.15) is 21.0 Å². The standard InChI is InChI=1S/C11H7ClF2N2O2S/c12-9-3-16-10(19-9)4-15-8-1-5(11(17)18)6(13)2-7(8)14/h1-3,15H,4H2,(H,17,18). The van der Waals surface area contributed by atoms with Crippen LogP contribution in [0.3, 0.4) is 0 Å². The molecule has 0 radical (unpaired) electrons. The minimum absolute atomic E-state index is 0.106. The number of carboxylic acid groups (broad SMARTS) is 1. The Hall–Kier alpha value is -1.73. The van der Waals surface area contributed by atoms with Crippen LogP contribution in [0.15, 0.2) is 18.3 Å². The van der Waals surface area contributed by atoms with Crippen molar-refractivity contribution in [1.82, 2.24) is 4.98 Å². The van der Waals surface area contributed by atoms with Gasteiger partial charge in [-0.3, -0.25) is 0 Å². The van der Waals surface area contributed by atoms with E-state index in [2.05, 4.69) is 10.3 Å². The molecule has 4 nitrogen and oxygen atoms in total. The van der Waals surface area contributed by atoms with Crippen LogP contribution in [-0.2, 0) is 6.54 Å². The molecule has 0 unspecified atom stereocenters. The second-order valence-electron chi connectivity index (χ2n) is 3.53. The molecule has 0 fully saturated rings. The summed E-state index contributed by atoms with van der Waals surface area (Å²) in [6.45, 7) is 0.166. The Morgan fingerprint density at radius 2 is 2.16 bits per heavy atom. The lowest BCUT2D eigenvalue weighted by Crippen LogP contribution is -2.06. The summed E-state index contributed by atoms with van der Waals surface area (Å²) in [5.74, 6) is -3.45. The number of aromatic nitrogens is 1. The van der Waals surface area contributed by atoms with E-state index < -0.39 is 23.2 Å². The Balaban J connectivity index is 2.20.